The van der Waals surface area contributed by atoms with Gasteiger partial charge in [0.2, 0.25) is 11.8 Å². The van der Waals surface area contributed by atoms with Gasteiger partial charge in [-0.1, -0.05) is 42.3 Å². The van der Waals surface area contributed by atoms with E-state index in [2.05, 4.69) is 31.2 Å². The molecule has 2 aromatic carbocycles. The molecular weight excluding hydrogens is 330 g/mol. The predicted molar refractivity (Wildman–Crippen MR) is 99.7 cm³/mol. The van der Waals surface area contributed by atoms with Crippen molar-refractivity contribution < 1.29 is 9.59 Å². The maximum Gasteiger partial charge on any atom is 0.237 e. The molecule has 2 fully saturated rings. The Balaban J connectivity index is 1.53. The first-order chi connectivity index (χ1) is 12.1. The average molecular weight is 351 g/mol. The van der Waals surface area contributed by atoms with Crippen molar-refractivity contribution in [2.24, 2.45) is 11.8 Å². The number of nitrogens with zero attached hydrogens (tertiary/aromatic N) is 1. The summed E-state index contributed by atoms with van der Waals surface area (Å²) in [6.45, 7) is 2.07. The van der Waals surface area contributed by atoms with E-state index in [1.165, 1.54) is 15.4 Å². The molecule has 1 aliphatic carbocycles. The molecule has 0 bridgehead atoms. The van der Waals surface area contributed by atoms with E-state index in [1.807, 2.05) is 24.3 Å². The summed E-state index contributed by atoms with van der Waals surface area (Å²) in [6, 6.07) is 16.2. The molecule has 1 aliphatic heterocycles. The molecule has 2 aliphatic rings. The topological polar surface area (TPSA) is 37.4 Å². The number of hydrogen-bond donors (Lipinski definition) is 0. The van der Waals surface area contributed by atoms with Crippen LogP contribution < -0.4 is 4.90 Å². The van der Waals surface area contributed by atoms with Crippen LogP contribution in [0.4, 0.5) is 5.69 Å². The highest BCUT2D eigenvalue weighted by molar-refractivity contribution is 7.99. The summed E-state index contributed by atoms with van der Waals surface area (Å²) in [5.74, 6) is -0.201. The molecule has 2 amide bonds. The van der Waals surface area contributed by atoms with Crippen LogP contribution in [-0.2, 0) is 9.59 Å². The third-order valence-corrected chi connectivity index (χ3v) is 6.21. The molecule has 4 rings (SSSR count). The monoisotopic (exact) mass is 351 g/mol. The number of fused-ring (bicyclic) bond motifs is 1. The number of benzene rings is 2. The Labute approximate surface area is 152 Å². The van der Waals surface area contributed by atoms with Crippen LogP contribution in [0.25, 0.3) is 0 Å². The highest BCUT2D eigenvalue weighted by atomic mass is 32.2. The Hall–Kier alpha value is -2.07. The SMILES string of the molecule is Cc1ccc(Sc2ccc(N3C(=O)C4CCCCC4C3=O)cc2)cc1. The van der Waals surface area contributed by atoms with E-state index in [0.29, 0.717) is 5.69 Å². The molecule has 128 valence electrons. The standard InChI is InChI=1S/C21H21NO2S/c1-14-6-10-16(11-7-14)25-17-12-8-15(9-13-17)22-20(23)18-4-2-3-5-19(18)21(22)24/h6-13,18-19H,2-5H2,1H3. The summed E-state index contributed by atoms with van der Waals surface area (Å²) in [4.78, 5) is 29.0. The number of amides is 2. The van der Waals surface area contributed by atoms with Gasteiger partial charge < -0.3 is 0 Å². The number of anilines is 1. The quantitative estimate of drug-likeness (QED) is 0.744. The van der Waals surface area contributed by atoms with Crippen molar-refractivity contribution in [3.05, 3.63) is 54.1 Å². The fraction of sp³-hybridized carbons (Fsp3) is 0.333. The van der Waals surface area contributed by atoms with Gasteiger partial charge in [-0.3, -0.25) is 14.5 Å². The van der Waals surface area contributed by atoms with Gasteiger partial charge in [0, 0.05) is 9.79 Å². The van der Waals surface area contributed by atoms with Crippen LogP contribution >= 0.6 is 11.8 Å². The minimum Gasteiger partial charge on any atom is -0.274 e. The third kappa shape index (κ3) is 3.11. The van der Waals surface area contributed by atoms with Crippen LogP contribution in [0, 0.1) is 18.8 Å². The summed E-state index contributed by atoms with van der Waals surface area (Å²) < 4.78 is 0. The summed E-state index contributed by atoms with van der Waals surface area (Å²) in [7, 11) is 0. The summed E-state index contributed by atoms with van der Waals surface area (Å²) in [6.07, 6.45) is 3.82. The Morgan fingerprint density at radius 2 is 1.28 bits per heavy atom. The van der Waals surface area contributed by atoms with Crippen molar-refractivity contribution in [3.63, 3.8) is 0 Å². The van der Waals surface area contributed by atoms with Crippen molar-refractivity contribution in [1.29, 1.82) is 0 Å². The van der Waals surface area contributed by atoms with Gasteiger partial charge in [0.25, 0.3) is 0 Å². The zero-order chi connectivity index (χ0) is 17.4. The molecule has 25 heavy (non-hydrogen) atoms. The van der Waals surface area contributed by atoms with Crippen LogP contribution in [0.2, 0.25) is 0 Å². The van der Waals surface area contributed by atoms with E-state index in [0.717, 1.165) is 30.6 Å². The Kier molecular flexibility index (Phi) is 4.38. The molecular formula is C21H21NO2S. The Morgan fingerprint density at radius 1 is 0.800 bits per heavy atom. The fourth-order valence-corrected chi connectivity index (χ4v) is 4.64. The number of hydrogen-bond acceptors (Lipinski definition) is 3. The van der Waals surface area contributed by atoms with E-state index in [9.17, 15) is 9.59 Å². The molecule has 0 aromatic heterocycles. The normalized spacial score (nSPS) is 23.0. The van der Waals surface area contributed by atoms with E-state index < -0.39 is 0 Å². The molecule has 1 heterocycles. The number of carbonyl (C=O) groups excluding carboxylic acids is 2. The van der Waals surface area contributed by atoms with Crippen LogP contribution in [0.3, 0.4) is 0 Å². The Morgan fingerprint density at radius 3 is 1.80 bits per heavy atom. The molecule has 0 spiro atoms. The fourth-order valence-electron chi connectivity index (χ4n) is 3.82. The molecule has 1 saturated carbocycles. The lowest BCUT2D eigenvalue weighted by Gasteiger charge is -2.19. The molecule has 0 N–H and O–H groups in total. The summed E-state index contributed by atoms with van der Waals surface area (Å²) in [5, 5.41) is 0. The van der Waals surface area contributed by atoms with Crippen molar-refractivity contribution in [1.82, 2.24) is 0 Å². The zero-order valence-electron chi connectivity index (χ0n) is 14.3. The Bertz CT molecular complexity index is 774. The average Bonchev–Trinajstić information content (AvgIpc) is 2.89. The lowest BCUT2D eigenvalue weighted by Crippen LogP contribution is -2.30. The van der Waals surface area contributed by atoms with Crippen molar-refractivity contribution >= 4 is 29.3 Å². The van der Waals surface area contributed by atoms with Gasteiger partial charge in [0.15, 0.2) is 0 Å². The highest BCUT2D eigenvalue weighted by Crippen LogP contribution is 2.40. The largest absolute Gasteiger partial charge is 0.274 e. The van der Waals surface area contributed by atoms with Crippen LogP contribution in [0.15, 0.2) is 58.3 Å². The van der Waals surface area contributed by atoms with E-state index >= 15 is 0 Å². The number of imide groups is 1. The van der Waals surface area contributed by atoms with Gasteiger partial charge in [-0.2, -0.15) is 0 Å². The number of rotatable bonds is 3. The van der Waals surface area contributed by atoms with Gasteiger partial charge in [-0.25, -0.2) is 0 Å². The minimum atomic E-state index is -0.0946. The second kappa shape index (κ2) is 6.68. The van der Waals surface area contributed by atoms with Gasteiger partial charge in [-0.05, 0) is 56.2 Å². The van der Waals surface area contributed by atoms with Crippen LogP contribution in [0.1, 0.15) is 31.2 Å². The van der Waals surface area contributed by atoms with Gasteiger partial charge in [0.1, 0.15) is 0 Å². The van der Waals surface area contributed by atoms with Crippen molar-refractivity contribution in [2.75, 3.05) is 4.90 Å². The highest BCUT2D eigenvalue weighted by Gasteiger charge is 2.48. The third-order valence-electron chi connectivity index (χ3n) is 5.19. The maximum absolute atomic E-state index is 12.7. The number of carbonyl (C=O) groups is 2. The second-order valence-corrected chi connectivity index (χ2v) is 8.07. The van der Waals surface area contributed by atoms with Gasteiger partial charge in [0.05, 0.1) is 17.5 Å². The maximum atomic E-state index is 12.7. The van der Waals surface area contributed by atoms with E-state index in [1.54, 1.807) is 11.8 Å². The lowest BCUT2D eigenvalue weighted by molar-refractivity contribution is -0.122. The lowest BCUT2D eigenvalue weighted by atomic mass is 9.81. The van der Waals surface area contributed by atoms with Gasteiger partial charge >= 0.3 is 0 Å². The number of aryl methyl sites for hydroxylation is 1. The predicted octanol–water partition coefficient (Wildman–Crippen LogP) is 4.83. The van der Waals surface area contributed by atoms with Crippen molar-refractivity contribution in [3.8, 4) is 0 Å². The molecule has 2 aromatic rings. The van der Waals surface area contributed by atoms with Crippen molar-refractivity contribution in [2.45, 2.75) is 42.4 Å². The molecule has 3 nitrogen and oxygen atoms in total. The van der Waals surface area contributed by atoms with Crippen LogP contribution in [-0.4, -0.2) is 11.8 Å². The molecule has 1 saturated heterocycles. The zero-order valence-corrected chi connectivity index (χ0v) is 15.1. The molecule has 2 unspecified atom stereocenters. The molecule has 0 radical (unpaired) electrons. The molecule has 2 atom stereocenters. The molecule has 4 heteroatoms. The first-order valence-electron chi connectivity index (χ1n) is 8.86. The summed E-state index contributed by atoms with van der Waals surface area (Å²) in [5.41, 5.74) is 1.95. The first kappa shape index (κ1) is 16.4. The van der Waals surface area contributed by atoms with Crippen LogP contribution in [0.5, 0.6) is 0 Å². The smallest absolute Gasteiger partial charge is 0.237 e. The summed E-state index contributed by atoms with van der Waals surface area (Å²) >= 11 is 1.68. The second-order valence-electron chi connectivity index (χ2n) is 6.92. The van der Waals surface area contributed by atoms with E-state index in [4.69, 9.17) is 0 Å². The minimum absolute atomic E-state index is 0.00589. The van der Waals surface area contributed by atoms with E-state index in [-0.39, 0.29) is 23.7 Å². The van der Waals surface area contributed by atoms with Gasteiger partial charge in [-0.15, -0.1) is 0 Å². The first-order valence-corrected chi connectivity index (χ1v) is 9.67.